The molecule has 0 saturated heterocycles. The van der Waals surface area contributed by atoms with Crippen molar-refractivity contribution in [3.8, 4) is 5.75 Å². The molecule has 0 aromatic heterocycles. The van der Waals surface area contributed by atoms with Gasteiger partial charge in [0.15, 0.2) is 0 Å². The SMILES string of the molecule is CCCC(CCC)C(O)c1cccc(OC2CC2)c1. The van der Waals surface area contributed by atoms with E-state index in [1.807, 2.05) is 24.3 Å². The maximum Gasteiger partial charge on any atom is 0.120 e. The summed E-state index contributed by atoms with van der Waals surface area (Å²) < 4.78 is 5.80. The van der Waals surface area contributed by atoms with Gasteiger partial charge in [-0.3, -0.25) is 0 Å². The molecule has 106 valence electrons. The third-order valence-corrected chi connectivity index (χ3v) is 3.79. The lowest BCUT2D eigenvalue weighted by Crippen LogP contribution is -2.12. The Balaban J connectivity index is 2.04. The van der Waals surface area contributed by atoms with E-state index in [2.05, 4.69) is 13.8 Å². The molecule has 0 radical (unpaired) electrons. The minimum Gasteiger partial charge on any atom is -0.490 e. The smallest absolute Gasteiger partial charge is 0.120 e. The Kier molecular flexibility index (Phi) is 5.26. The Morgan fingerprint density at radius 2 is 1.89 bits per heavy atom. The molecule has 1 aliphatic rings. The van der Waals surface area contributed by atoms with E-state index in [4.69, 9.17) is 4.74 Å². The predicted octanol–water partition coefficient (Wildman–Crippen LogP) is 4.48. The van der Waals surface area contributed by atoms with Crippen LogP contribution in [0.1, 0.15) is 64.0 Å². The fourth-order valence-electron chi connectivity index (χ4n) is 2.62. The lowest BCUT2D eigenvalue weighted by Gasteiger charge is -2.23. The second-order valence-electron chi connectivity index (χ2n) is 5.67. The van der Waals surface area contributed by atoms with Crippen molar-refractivity contribution in [2.75, 3.05) is 0 Å². The number of rotatable bonds is 8. The zero-order chi connectivity index (χ0) is 13.7. The van der Waals surface area contributed by atoms with Gasteiger partial charge in [0.1, 0.15) is 5.75 Å². The molecule has 1 aromatic carbocycles. The molecule has 1 unspecified atom stereocenters. The first-order chi connectivity index (χ1) is 9.24. The van der Waals surface area contributed by atoms with Crippen molar-refractivity contribution >= 4 is 0 Å². The Hall–Kier alpha value is -1.02. The van der Waals surface area contributed by atoms with E-state index in [0.717, 1.165) is 37.0 Å². The van der Waals surface area contributed by atoms with Crippen LogP contribution in [0, 0.1) is 5.92 Å². The molecule has 2 rings (SSSR count). The van der Waals surface area contributed by atoms with Crippen LogP contribution >= 0.6 is 0 Å². The van der Waals surface area contributed by atoms with E-state index < -0.39 is 0 Å². The molecule has 0 amide bonds. The van der Waals surface area contributed by atoms with Gasteiger partial charge in [0.2, 0.25) is 0 Å². The quantitative estimate of drug-likeness (QED) is 0.748. The Labute approximate surface area is 116 Å². The van der Waals surface area contributed by atoms with Gasteiger partial charge >= 0.3 is 0 Å². The second-order valence-corrected chi connectivity index (χ2v) is 5.67. The first-order valence-electron chi connectivity index (χ1n) is 7.69. The minimum atomic E-state index is -0.359. The Morgan fingerprint density at radius 3 is 2.47 bits per heavy atom. The van der Waals surface area contributed by atoms with Gasteiger partial charge in [-0.2, -0.15) is 0 Å². The topological polar surface area (TPSA) is 29.5 Å². The lowest BCUT2D eigenvalue weighted by molar-refractivity contribution is 0.0961. The number of aliphatic hydroxyl groups is 1. The summed E-state index contributed by atoms with van der Waals surface area (Å²) in [7, 11) is 0. The van der Waals surface area contributed by atoms with E-state index >= 15 is 0 Å². The van der Waals surface area contributed by atoms with Crippen molar-refractivity contribution in [2.24, 2.45) is 5.92 Å². The van der Waals surface area contributed by atoms with Crippen molar-refractivity contribution < 1.29 is 9.84 Å². The number of aliphatic hydroxyl groups excluding tert-OH is 1. The largest absolute Gasteiger partial charge is 0.490 e. The lowest BCUT2D eigenvalue weighted by atomic mass is 9.88. The summed E-state index contributed by atoms with van der Waals surface area (Å²) in [4.78, 5) is 0. The molecule has 1 fully saturated rings. The van der Waals surface area contributed by atoms with Crippen LogP contribution in [0.2, 0.25) is 0 Å². The molecule has 1 aliphatic carbocycles. The zero-order valence-corrected chi connectivity index (χ0v) is 12.1. The highest BCUT2D eigenvalue weighted by atomic mass is 16.5. The van der Waals surface area contributed by atoms with Crippen LogP contribution in [0.4, 0.5) is 0 Å². The fraction of sp³-hybridized carbons (Fsp3) is 0.647. The van der Waals surface area contributed by atoms with E-state index in [-0.39, 0.29) is 6.10 Å². The molecule has 19 heavy (non-hydrogen) atoms. The number of ether oxygens (including phenoxy) is 1. The van der Waals surface area contributed by atoms with E-state index in [1.54, 1.807) is 0 Å². The molecule has 0 aliphatic heterocycles. The van der Waals surface area contributed by atoms with Crippen LogP contribution in [0.25, 0.3) is 0 Å². The summed E-state index contributed by atoms with van der Waals surface area (Å²) in [6.45, 7) is 4.37. The molecule has 2 nitrogen and oxygen atoms in total. The van der Waals surface area contributed by atoms with Gasteiger partial charge in [-0.25, -0.2) is 0 Å². The van der Waals surface area contributed by atoms with E-state index in [9.17, 15) is 5.11 Å². The summed E-state index contributed by atoms with van der Waals surface area (Å²) in [5.74, 6) is 1.27. The Bertz CT molecular complexity index is 379. The molecule has 1 atom stereocenters. The van der Waals surface area contributed by atoms with Crippen LogP contribution in [-0.2, 0) is 0 Å². The van der Waals surface area contributed by atoms with Gasteiger partial charge < -0.3 is 9.84 Å². The first-order valence-corrected chi connectivity index (χ1v) is 7.69. The summed E-state index contributed by atoms with van der Waals surface area (Å²) in [6, 6.07) is 8.01. The second kappa shape index (κ2) is 6.95. The first kappa shape index (κ1) is 14.4. The summed E-state index contributed by atoms with van der Waals surface area (Å²) in [5.41, 5.74) is 1.00. The van der Waals surface area contributed by atoms with Gasteiger partial charge in [0.05, 0.1) is 12.2 Å². The number of hydrogen-bond acceptors (Lipinski definition) is 2. The predicted molar refractivity (Wildman–Crippen MR) is 78.4 cm³/mol. The van der Waals surface area contributed by atoms with Gasteiger partial charge in [0, 0.05) is 0 Å². The van der Waals surface area contributed by atoms with Crippen LogP contribution in [0.5, 0.6) is 5.75 Å². The van der Waals surface area contributed by atoms with Crippen molar-refractivity contribution in [3.05, 3.63) is 29.8 Å². The average molecular weight is 262 g/mol. The molecular formula is C17H26O2. The summed E-state index contributed by atoms with van der Waals surface area (Å²) in [5, 5.41) is 10.6. The minimum absolute atomic E-state index is 0.359. The maximum absolute atomic E-state index is 10.6. The molecular weight excluding hydrogens is 236 g/mol. The number of benzene rings is 1. The number of hydrogen-bond donors (Lipinski definition) is 1. The molecule has 0 spiro atoms. The maximum atomic E-state index is 10.6. The molecule has 0 heterocycles. The van der Waals surface area contributed by atoms with Crippen LogP contribution < -0.4 is 4.74 Å². The molecule has 1 aromatic rings. The molecule has 2 heteroatoms. The third kappa shape index (κ3) is 4.24. The van der Waals surface area contributed by atoms with Gasteiger partial charge in [-0.15, -0.1) is 0 Å². The van der Waals surface area contributed by atoms with Crippen molar-refractivity contribution in [1.29, 1.82) is 0 Å². The fourth-order valence-corrected chi connectivity index (χ4v) is 2.62. The van der Waals surface area contributed by atoms with Crippen LogP contribution in [0.15, 0.2) is 24.3 Å². The highest BCUT2D eigenvalue weighted by molar-refractivity contribution is 5.30. The Morgan fingerprint density at radius 1 is 1.21 bits per heavy atom. The van der Waals surface area contributed by atoms with Gasteiger partial charge in [-0.05, 0) is 49.3 Å². The van der Waals surface area contributed by atoms with Crippen molar-refractivity contribution in [1.82, 2.24) is 0 Å². The van der Waals surface area contributed by atoms with E-state index in [0.29, 0.717) is 12.0 Å². The molecule has 1 N–H and O–H groups in total. The normalized spacial score (nSPS) is 16.6. The van der Waals surface area contributed by atoms with Crippen LogP contribution in [0.3, 0.4) is 0 Å². The van der Waals surface area contributed by atoms with Crippen molar-refractivity contribution in [2.45, 2.75) is 64.6 Å². The highest BCUT2D eigenvalue weighted by Crippen LogP contribution is 2.33. The zero-order valence-electron chi connectivity index (χ0n) is 12.1. The molecule has 1 saturated carbocycles. The summed E-state index contributed by atoms with van der Waals surface area (Å²) in [6.07, 6.45) is 6.81. The standard InChI is InChI=1S/C17H26O2/c1-3-6-13(7-4-2)17(18)14-8-5-9-16(12-14)19-15-10-11-15/h5,8-9,12-13,15,17-18H,3-4,6-7,10-11H2,1-2H3. The van der Waals surface area contributed by atoms with Gasteiger partial charge in [0.25, 0.3) is 0 Å². The summed E-state index contributed by atoms with van der Waals surface area (Å²) >= 11 is 0. The average Bonchev–Trinajstić information content (AvgIpc) is 3.22. The highest BCUT2D eigenvalue weighted by Gasteiger charge is 2.24. The van der Waals surface area contributed by atoms with Crippen molar-refractivity contribution in [3.63, 3.8) is 0 Å². The third-order valence-electron chi connectivity index (χ3n) is 3.79. The van der Waals surface area contributed by atoms with Gasteiger partial charge in [-0.1, -0.05) is 38.8 Å². The van der Waals surface area contributed by atoms with E-state index in [1.165, 1.54) is 12.8 Å². The van der Waals surface area contributed by atoms with Crippen LogP contribution in [-0.4, -0.2) is 11.2 Å². The molecule has 0 bridgehead atoms. The monoisotopic (exact) mass is 262 g/mol.